The van der Waals surface area contributed by atoms with Gasteiger partial charge in [0, 0.05) is 6.20 Å². The fourth-order valence-corrected chi connectivity index (χ4v) is 0.628. The summed E-state index contributed by atoms with van der Waals surface area (Å²) in [7, 11) is 0. The molecule has 0 saturated carbocycles. The average molecular weight is 110 g/mol. The van der Waals surface area contributed by atoms with Crippen molar-refractivity contribution >= 4 is 0 Å². The summed E-state index contributed by atoms with van der Waals surface area (Å²) in [4.78, 5) is 0. The zero-order valence-corrected chi connectivity index (χ0v) is 4.79. The molecular formula is C6H8NO-. The highest BCUT2D eigenvalue weighted by Gasteiger charge is 1.84. The van der Waals surface area contributed by atoms with E-state index in [2.05, 4.69) is 0 Å². The van der Waals surface area contributed by atoms with Crippen LogP contribution < -0.4 is 0 Å². The van der Waals surface area contributed by atoms with Crippen LogP contribution in [0.25, 0.3) is 0 Å². The number of aromatic nitrogens is 1. The standard InChI is InChI=1S/C6H8NO/c1-2-6-3-4-7(8)5-6/h3-5H,2H2,1H3/q-1. The third kappa shape index (κ3) is 0.832. The first-order chi connectivity index (χ1) is 3.83. The summed E-state index contributed by atoms with van der Waals surface area (Å²) in [6.45, 7) is 2.02. The second-order valence-electron chi connectivity index (χ2n) is 1.73. The first-order valence-electron chi connectivity index (χ1n) is 2.67. The molecule has 0 saturated heterocycles. The summed E-state index contributed by atoms with van der Waals surface area (Å²) in [5, 5.41) is 10.4. The largest absolute Gasteiger partial charge is 0.806 e. The lowest BCUT2D eigenvalue weighted by Crippen LogP contribution is -1.76. The lowest BCUT2D eigenvalue weighted by atomic mass is 10.3. The molecule has 0 unspecified atom stereocenters. The second kappa shape index (κ2) is 1.90. The molecule has 2 nitrogen and oxygen atoms in total. The van der Waals surface area contributed by atoms with Crippen LogP contribution in [0, 0.1) is 5.21 Å². The highest BCUT2D eigenvalue weighted by molar-refractivity contribution is 5.10. The van der Waals surface area contributed by atoms with Crippen LogP contribution in [-0.4, -0.2) is 4.73 Å². The van der Waals surface area contributed by atoms with Crippen LogP contribution in [0.5, 0.6) is 0 Å². The smallest absolute Gasteiger partial charge is 0.00156 e. The van der Waals surface area contributed by atoms with Gasteiger partial charge < -0.3 is 9.94 Å². The van der Waals surface area contributed by atoms with Crippen LogP contribution in [0.2, 0.25) is 0 Å². The predicted molar refractivity (Wildman–Crippen MR) is 32.6 cm³/mol. The Kier molecular flexibility index (Phi) is 1.24. The number of hydrogen-bond acceptors (Lipinski definition) is 1. The Balaban J connectivity index is 2.84. The normalized spacial score (nSPS) is 9.62. The average Bonchev–Trinajstić information content (AvgIpc) is 2.14. The van der Waals surface area contributed by atoms with E-state index in [-0.39, 0.29) is 0 Å². The molecular weight excluding hydrogens is 102 g/mol. The highest BCUT2D eigenvalue weighted by atomic mass is 16.5. The van der Waals surface area contributed by atoms with Gasteiger partial charge in [0.2, 0.25) is 0 Å². The first kappa shape index (κ1) is 5.22. The molecule has 0 aliphatic rings. The molecule has 8 heavy (non-hydrogen) atoms. The van der Waals surface area contributed by atoms with Crippen LogP contribution in [0.1, 0.15) is 12.5 Å². The van der Waals surface area contributed by atoms with E-state index < -0.39 is 0 Å². The molecule has 2 heteroatoms. The molecule has 0 radical (unpaired) electrons. The summed E-state index contributed by atoms with van der Waals surface area (Å²) >= 11 is 0. The Labute approximate surface area is 48.3 Å². The van der Waals surface area contributed by atoms with Gasteiger partial charge >= 0.3 is 0 Å². The Morgan fingerprint density at radius 3 is 2.75 bits per heavy atom. The summed E-state index contributed by atoms with van der Waals surface area (Å²) in [5.74, 6) is 0. The van der Waals surface area contributed by atoms with Crippen molar-refractivity contribution in [2.24, 2.45) is 0 Å². The lowest BCUT2D eigenvalue weighted by molar-refractivity contribution is 1.07. The van der Waals surface area contributed by atoms with Gasteiger partial charge in [-0.15, -0.1) is 0 Å². The molecule has 44 valence electrons. The third-order valence-corrected chi connectivity index (χ3v) is 1.14. The maximum atomic E-state index is 10.4. The predicted octanol–water partition coefficient (Wildman–Crippen LogP) is 1.40. The molecule has 0 spiro atoms. The SMILES string of the molecule is CCc1ccn([O-])c1. The molecule has 1 rings (SSSR count). The molecule has 1 aromatic heterocycles. The molecule has 1 heterocycles. The van der Waals surface area contributed by atoms with Crippen molar-refractivity contribution in [1.29, 1.82) is 0 Å². The first-order valence-corrected chi connectivity index (χ1v) is 2.67. The minimum atomic E-state index is 0.818. The van der Waals surface area contributed by atoms with E-state index in [4.69, 9.17) is 0 Å². The van der Waals surface area contributed by atoms with Crippen LogP contribution in [0.3, 0.4) is 0 Å². The number of aryl methyl sites for hydroxylation is 1. The van der Waals surface area contributed by atoms with Crippen molar-refractivity contribution in [2.45, 2.75) is 13.3 Å². The van der Waals surface area contributed by atoms with Crippen molar-refractivity contribution in [1.82, 2.24) is 4.73 Å². The van der Waals surface area contributed by atoms with Crippen molar-refractivity contribution in [3.05, 3.63) is 29.2 Å². The van der Waals surface area contributed by atoms with Crippen LogP contribution in [-0.2, 0) is 6.42 Å². The highest BCUT2D eigenvalue weighted by Crippen LogP contribution is 1.98. The van der Waals surface area contributed by atoms with Gasteiger partial charge in [0.05, 0.1) is 0 Å². The molecule has 0 fully saturated rings. The molecule has 0 aliphatic heterocycles. The minimum Gasteiger partial charge on any atom is -0.806 e. The van der Waals surface area contributed by atoms with Gasteiger partial charge in [-0.1, -0.05) is 6.92 Å². The topological polar surface area (TPSA) is 28.0 Å². The third-order valence-electron chi connectivity index (χ3n) is 1.14. The van der Waals surface area contributed by atoms with Gasteiger partial charge in [-0.05, 0) is 24.2 Å². The summed E-state index contributed by atoms with van der Waals surface area (Å²) in [5.41, 5.74) is 1.10. The van der Waals surface area contributed by atoms with Gasteiger partial charge in [-0.2, -0.15) is 0 Å². The van der Waals surface area contributed by atoms with Crippen molar-refractivity contribution in [3.8, 4) is 0 Å². The van der Waals surface area contributed by atoms with E-state index in [1.54, 1.807) is 6.20 Å². The van der Waals surface area contributed by atoms with E-state index in [1.165, 1.54) is 6.20 Å². The van der Waals surface area contributed by atoms with Crippen molar-refractivity contribution in [2.75, 3.05) is 0 Å². The van der Waals surface area contributed by atoms with E-state index >= 15 is 0 Å². The quantitative estimate of drug-likeness (QED) is 0.537. The Bertz CT molecular complexity index is 169. The molecule has 0 aromatic carbocycles. The van der Waals surface area contributed by atoms with E-state index in [1.807, 2.05) is 13.0 Å². The fraction of sp³-hybridized carbons (Fsp3) is 0.333. The van der Waals surface area contributed by atoms with Crippen LogP contribution in [0.4, 0.5) is 0 Å². The Morgan fingerprint density at radius 1 is 1.75 bits per heavy atom. The fourth-order valence-electron chi connectivity index (χ4n) is 0.628. The number of rotatable bonds is 1. The lowest BCUT2D eigenvalue weighted by Gasteiger charge is -2.01. The zero-order valence-electron chi connectivity index (χ0n) is 4.79. The Hall–Kier alpha value is -0.920. The maximum absolute atomic E-state index is 10.4. The number of nitrogens with zero attached hydrogens (tertiary/aromatic N) is 1. The van der Waals surface area contributed by atoms with Crippen LogP contribution in [0.15, 0.2) is 18.5 Å². The van der Waals surface area contributed by atoms with Crippen molar-refractivity contribution in [3.63, 3.8) is 0 Å². The van der Waals surface area contributed by atoms with Gasteiger partial charge in [0.1, 0.15) is 0 Å². The van der Waals surface area contributed by atoms with E-state index in [0.717, 1.165) is 16.7 Å². The molecule has 0 atom stereocenters. The summed E-state index contributed by atoms with van der Waals surface area (Å²) in [6.07, 6.45) is 4.04. The molecule has 0 aliphatic carbocycles. The summed E-state index contributed by atoms with van der Waals surface area (Å²) < 4.78 is 0.818. The van der Waals surface area contributed by atoms with Gasteiger partial charge in [-0.3, -0.25) is 0 Å². The zero-order chi connectivity index (χ0) is 5.98. The Morgan fingerprint density at radius 2 is 2.50 bits per heavy atom. The molecule has 1 aromatic rings. The van der Waals surface area contributed by atoms with Gasteiger partial charge in [-0.25, -0.2) is 0 Å². The van der Waals surface area contributed by atoms with Gasteiger partial charge in [0.15, 0.2) is 0 Å². The van der Waals surface area contributed by atoms with Crippen molar-refractivity contribution < 1.29 is 0 Å². The summed E-state index contributed by atoms with van der Waals surface area (Å²) in [6, 6.07) is 1.83. The molecule has 0 amide bonds. The minimum absolute atomic E-state index is 0.818. The number of hydrogen-bond donors (Lipinski definition) is 0. The molecule has 0 N–H and O–H groups in total. The molecule has 0 bridgehead atoms. The van der Waals surface area contributed by atoms with E-state index in [0.29, 0.717) is 0 Å². The van der Waals surface area contributed by atoms with Crippen LogP contribution >= 0.6 is 0 Å². The maximum Gasteiger partial charge on any atom is 0.00156 e. The second-order valence-corrected chi connectivity index (χ2v) is 1.73. The van der Waals surface area contributed by atoms with Gasteiger partial charge in [0.25, 0.3) is 0 Å². The van der Waals surface area contributed by atoms with E-state index in [9.17, 15) is 5.21 Å². The monoisotopic (exact) mass is 110 g/mol.